The highest BCUT2D eigenvalue weighted by molar-refractivity contribution is 14.1. The zero-order chi connectivity index (χ0) is 17.3. The fourth-order valence-electron chi connectivity index (χ4n) is 3.34. The Hall–Kier alpha value is -0.910. The Morgan fingerprint density at radius 2 is 1.91 bits per heavy atom. The number of rotatable bonds is 6. The van der Waals surface area contributed by atoms with E-state index in [-0.39, 0.29) is 5.41 Å². The summed E-state index contributed by atoms with van der Waals surface area (Å²) in [6, 6.07) is 0. The van der Waals surface area contributed by atoms with Gasteiger partial charge in [-0.3, -0.25) is 4.79 Å². The van der Waals surface area contributed by atoms with E-state index in [1.165, 1.54) is 30.4 Å². The van der Waals surface area contributed by atoms with Gasteiger partial charge in [0.15, 0.2) is 0 Å². The van der Waals surface area contributed by atoms with Crippen molar-refractivity contribution in [2.24, 2.45) is 10.4 Å². The van der Waals surface area contributed by atoms with Crippen LogP contribution in [-0.2, 0) is 4.79 Å². The molecular weight excluding hydrogens is 399 g/mol. The summed E-state index contributed by atoms with van der Waals surface area (Å²) in [6.07, 6.45) is 14.1. The number of carbonyl (C=O) groups is 1. The van der Waals surface area contributed by atoms with E-state index in [4.69, 9.17) is 0 Å². The first-order chi connectivity index (χ1) is 11.0. The second-order valence-corrected chi connectivity index (χ2v) is 7.14. The lowest BCUT2D eigenvalue weighted by atomic mass is 9.66. The molecular formula is C19H29IN2O. The first kappa shape index (κ1) is 20.1. The summed E-state index contributed by atoms with van der Waals surface area (Å²) in [5.74, 6) is 0.870. The Balaban J connectivity index is 3.22. The molecule has 1 aliphatic carbocycles. The number of amides is 1. The minimum absolute atomic E-state index is 0.0917. The molecule has 4 heteroatoms. The fourth-order valence-corrected chi connectivity index (χ4v) is 4.18. The maximum atomic E-state index is 10.9. The molecule has 1 aliphatic rings. The number of halogens is 1. The van der Waals surface area contributed by atoms with Crippen LogP contribution >= 0.6 is 22.6 Å². The van der Waals surface area contributed by atoms with Gasteiger partial charge < -0.3 is 4.90 Å². The molecule has 1 saturated carbocycles. The number of amidine groups is 1. The number of aliphatic imine (C=N–C) groups is 1. The van der Waals surface area contributed by atoms with Gasteiger partial charge in [0.25, 0.3) is 0 Å². The Bertz CT molecular complexity index is 509. The van der Waals surface area contributed by atoms with Crippen LogP contribution in [0.2, 0.25) is 0 Å². The van der Waals surface area contributed by atoms with Gasteiger partial charge in [0.05, 0.1) is 0 Å². The molecule has 0 saturated heterocycles. The second kappa shape index (κ2) is 10.1. The van der Waals surface area contributed by atoms with Crippen LogP contribution in [0.5, 0.6) is 0 Å². The highest BCUT2D eigenvalue weighted by Crippen LogP contribution is 2.47. The second-order valence-electron chi connectivity index (χ2n) is 6.52. The molecule has 0 aromatic heterocycles. The summed E-state index contributed by atoms with van der Waals surface area (Å²) >= 11 is 2.36. The van der Waals surface area contributed by atoms with Crippen molar-refractivity contribution in [1.29, 1.82) is 0 Å². The lowest BCUT2D eigenvalue weighted by molar-refractivity contribution is -0.106. The molecule has 0 spiro atoms. The van der Waals surface area contributed by atoms with Crippen LogP contribution in [0.15, 0.2) is 38.4 Å². The van der Waals surface area contributed by atoms with Crippen LogP contribution in [0.25, 0.3) is 0 Å². The molecule has 23 heavy (non-hydrogen) atoms. The summed E-state index contributed by atoms with van der Waals surface area (Å²) in [5.41, 5.74) is 2.72. The Morgan fingerprint density at radius 3 is 2.39 bits per heavy atom. The fraction of sp³-hybridized carbons (Fsp3) is 0.579. The Labute approximate surface area is 154 Å². The van der Waals surface area contributed by atoms with E-state index in [0.29, 0.717) is 6.41 Å². The molecule has 0 heterocycles. The molecule has 1 fully saturated rings. The maximum Gasteiger partial charge on any atom is 0.234 e. The predicted molar refractivity (Wildman–Crippen MR) is 108 cm³/mol. The van der Waals surface area contributed by atoms with Gasteiger partial charge in [0, 0.05) is 25.9 Å². The standard InChI is InChI=1S/C19H29IN2O/c1-5-9-16(2)12-17(14-20)19(10-7-6-8-11-19)13-18(21-15-23)22(3)4/h5,9,12,14-15H,6-8,10-11,13H2,1-4H3/b9-5+,16-12-,17-14+,21-18-. The van der Waals surface area contributed by atoms with Crippen molar-refractivity contribution in [2.75, 3.05) is 14.1 Å². The summed E-state index contributed by atoms with van der Waals surface area (Å²) < 4.78 is 2.21. The monoisotopic (exact) mass is 428 g/mol. The first-order valence-corrected chi connectivity index (χ1v) is 9.53. The van der Waals surface area contributed by atoms with E-state index in [1.54, 1.807) is 0 Å². The predicted octanol–water partition coefficient (Wildman–Crippen LogP) is 5.28. The van der Waals surface area contributed by atoms with Crippen molar-refractivity contribution < 1.29 is 4.79 Å². The number of nitrogens with zero attached hydrogens (tertiary/aromatic N) is 2. The van der Waals surface area contributed by atoms with E-state index < -0.39 is 0 Å². The smallest absolute Gasteiger partial charge is 0.234 e. The molecule has 0 aromatic carbocycles. The van der Waals surface area contributed by atoms with E-state index >= 15 is 0 Å². The lowest BCUT2D eigenvalue weighted by Crippen LogP contribution is -2.34. The molecule has 1 rings (SSSR count). The van der Waals surface area contributed by atoms with Crippen LogP contribution in [0.1, 0.15) is 52.4 Å². The molecule has 3 nitrogen and oxygen atoms in total. The maximum absolute atomic E-state index is 10.9. The molecule has 0 aromatic rings. The highest BCUT2D eigenvalue weighted by atomic mass is 127. The molecule has 0 N–H and O–H groups in total. The van der Waals surface area contributed by atoms with Crippen LogP contribution in [0.4, 0.5) is 0 Å². The van der Waals surface area contributed by atoms with Gasteiger partial charge in [0.1, 0.15) is 5.84 Å². The summed E-state index contributed by atoms with van der Waals surface area (Å²) in [6.45, 7) is 4.19. The summed E-state index contributed by atoms with van der Waals surface area (Å²) in [5, 5.41) is 0. The van der Waals surface area contributed by atoms with E-state index in [2.05, 4.69) is 56.8 Å². The molecule has 0 bridgehead atoms. The van der Waals surface area contributed by atoms with Crippen LogP contribution in [-0.4, -0.2) is 31.2 Å². The summed E-state index contributed by atoms with van der Waals surface area (Å²) in [7, 11) is 3.93. The molecule has 1 amide bonds. The van der Waals surface area contributed by atoms with Crippen LogP contribution < -0.4 is 0 Å². The van der Waals surface area contributed by atoms with Crippen molar-refractivity contribution >= 4 is 34.8 Å². The van der Waals surface area contributed by atoms with E-state index in [9.17, 15) is 4.79 Å². The van der Waals surface area contributed by atoms with Gasteiger partial charge in [-0.05, 0) is 36.3 Å². The molecule has 128 valence electrons. The van der Waals surface area contributed by atoms with Crippen molar-refractivity contribution in [3.63, 3.8) is 0 Å². The largest absolute Gasteiger partial charge is 0.366 e. The first-order valence-electron chi connectivity index (χ1n) is 8.28. The van der Waals surface area contributed by atoms with Gasteiger partial charge in [-0.25, -0.2) is 4.99 Å². The Morgan fingerprint density at radius 1 is 1.26 bits per heavy atom. The number of carbonyl (C=O) groups excluding carboxylic acids is 1. The van der Waals surface area contributed by atoms with Gasteiger partial charge in [0.2, 0.25) is 6.41 Å². The minimum Gasteiger partial charge on any atom is -0.366 e. The van der Waals surface area contributed by atoms with Gasteiger partial charge in [-0.1, -0.05) is 65.7 Å². The zero-order valence-electron chi connectivity index (χ0n) is 14.8. The van der Waals surface area contributed by atoms with Gasteiger partial charge in [-0.2, -0.15) is 0 Å². The van der Waals surface area contributed by atoms with Crippen LogP contribution in [0.3, 0.4) is 0 Å². The normalized spacial score (nSPS) is 20.0. The topological polar surface area (TPSA) is 32.7 Å². The molecule has 0 aliphatic heterocycles. The van der Waals surface area contributed by atoms with Crippen LogP contribution in [0, 0.1) is 5.41 Å². The quantitative estimate of drug-likeness (QED) is 0.190. The SMILES string of the molecule is C/C=C/C(C)=C\C(=C/I)C1(C/C(=N/C=O)N(C)C)CCCCC1. The average molecular weight is 428 g/mol. The number of hydrogen-bond acceptors (Lipinski definition) is 1. The molecule has 0 atom stereocenters. The van der Waals surface area contributed by atoms with Crippen molar-refractivity contribution in [3.8, 4) is 0 Å². The van der Waals surface area contributed by atoms with Crippen molar-refractivity contribution in [2.45, 2.75) is 52.4 Å². The van der Waals surface area contributed by atoms with Crippen molar-refractivity contribution in [1.82, 2.24) is 4.90 Å². The Kier molecular flexibility index (Phi) is 8.81. The summed E-state index contributed by atoms with van der Waals surface area (Å²) in [4.78, 5) is 17.0. The lowest BCUT2D eigenvalue weighted by Gasteiger charge is -2.40. The zero-order valence-corrected chi connectivity index (χ0v) is 17.0. The van der Waals surface area contributed by atoms with Gasteiger partial charge in [-0.15, -0.1) is 0 Å². The third-order valence-corrected chi connectivity index (χ3v) is 5.24. The van der Waals surface area contributed by atoms with E-state index in [1.807, 2.05) is 25.9 Å². The average Bonchev–Trinajstić information content (AvgIpc) is 2.53. The number of allylic oxidation sites excluding steroid dienone is 5. The van der Waals surface area contributed by atoms with Crippen molar-refractivity contribution in [3.05, 3.63) is 33.5 Å². The van der Waals surface area contributed by atoms with E-state index in [0.717, 1.165) is 25.1 Å². The molecule has 0 unspecified atom stereocenters. The molecule has 0 radical (unpaired) electrons. The number of hydrogen-bond donors (Lipinski definition) is 0. The minimum atomic E-state index is 0.0917. The highest BCUT2D eigenvalue weighted by Gasteiger charge is 2.36. The third kappa shape index (κ3) is 5.90. The third-order valence-electron chi connectivity index (χ3n) is 4.57. The van der Waals surface area contributed by atoms with Gasteiger partial charge >= 0.3 is 0 Å².